The molecule has 1 aromatic rings. The van der Waals surface area contributed by atoms with Gasteiger partial charge in [0, 0.05) is 6.54 Å². The van der Waals surface area contributed by atoms with Gasteiger partial charge in [-0.3, -0.25) is 4.90 Å². The van der Waals surface area contributed by atoms with Gasteiger partial charge >= 0.3 is 6.09 Å². The van der Waals surface area contributed by atoms with Crippen LogP contribution in [0.2, 0.25) is 0 Å². The zero-order valence-electron chi connectivity index (χ0n) is 11.8. The summed E-state index contributed by atoms with van der Waals surface area (Å²) in [5, 5.41) is 0. The Morgan fingerprint density at radius 2 is 2.14 bits per heavy atom. The van der Waals surface area contributed by atoms with E-state index >= 15 is 0 Å². The first-order valence-electron chi connectivity index (χ1n) is 7.18. The van der Waals surface area contributed by atoms with Gasteiger partial charge in [0.15, 0.2) is 0 Å². The molecular weight excluding hydrogens is 272 g/mol. The third-order valence-electron chi connectivity index (χ3n) is 3.88. The SMILES string of the molecule is NC1COCC2C1OCCN2C(=O)OCc1ccccc1. The zero-order chi connectivity index (χ0) is 14.7. The van der Waals surface area contributed by atoms with E-state index in [2.05, 4.69) is 0 Å². The molecule has 0 aromatic heterocycles. The van der Waals surface area contributed by atoms with Gasteiger partial charge in [0.05, 0.1) is 38.0 Å². The summed E-state index contributed by atoms with van der Waals surface area (Å²) >= 11 is 0. The molecule has 2 aliphatic rings. The second kappa shape index (κ2) is 6.43. The highest BCUT2D eigenvalue weighted by molar-refractivity contribution is 5.68. The van der Waals surface area contributed by atoms with Crippen molar-refractivity contribution in [3.05, 3.63) is 35.9 Å². The lowest BCUT2D eigenvalue weighted by Gasteiger charge is -2.45. The predicted octanol–water partition coefficient (Wildman–Crippen LogP) is 0.750. The van der Waals surface area contributed by atoms with E-state index in [1.807, 2.05) is 30.3 Å². The van der Waals surface area contributed by atoms with Crippen molar-refractivity contribution in [1.82, 2.24) is 4.90 Å². The smallest absolute Gasteiger partial charge is 0.410 e. The maximum atomic E-state index is 12.3. The topological polar surface area (TPSA) is 74.0 Å². The number of hydrogen-bond acceptors (Lipinski definition) is 5. The molecule has 0 bridgehead atoms. The van der Waals surface area contributed by atoms with E-state index in [0.29, 0.717) is 26.4 Å². The van der Waals surface area contributed by atoms with Crippen LogP contribution in [0.5, 0.6) is 0 Å². The first-order valence-corrected chi connectivity index (χ1v) is 7.18. The molecule has 1 aromatic carbocycles. The summed E-state index contributed by atoms with van der Waals surface area (Å²) < 4.78 is 16.5. The van der Waals surface area contributed by atoms with Crippen LogP contribution in [0.25, 0.3) is 0 Å². The first kappa shape index (κ1) is 14.3. The second-order valence-corrected chi connectivity index (χ2v) is 5.34. The molecule has 0 radical (unpaired) electrons. The molecule has 0 saturated carbocycles. The molecular formula is C15H20N2O4. The second-order valence-electron chi connectivity index (χ2n) is 5.34. The summed E-state index contributed by atoms with van der Waals surface area (Å²) in [5.74, 6) is 0. The lowest BCUT2D eigenvalue weighted by Crippen LogP contribution is -2.64. The summed E-state index contributed by atoms with van der Waals surface area (Å²) in [4.78, 5) is 14.0. The predicted molar refractivity (Wildman–Crippen MR) is 75.7 cm³/mol. The maximum Gasteiger partial charge on any atom is 0.410 e. The van der Waals surface area contributed by atoms with Gasteiger partial charge in [0.2, 0.25) is 0 Å². The van der Waals surface area contributed by atoms with Crippen molar-refractivity contribution < 1.29 is 19.0 Å². The Hall–Kier alpha value is -1.63. The summed E-state index contributed by atoms with van der Waals surface area (Å²) in [7, 11) is 0. The molecule has 21 heavy (non-hydrogen) atoms. The Balaban J connectivity index is 1.61. The van der Waals surface area contributed by atoms with Crippen LogP contribution < -0.4 is 5.73 Å². The lowest BCUT2D eigenvalue weighted by atomic mass is 9.99. The van der Waals surface area contributed by atoms with E-state index in [1.165, 1.54) is 0 Å². The molecule has 114 valence electrons. The minimum absolute atomic E-state index is 0.161. The summed E-state index contributed by atoms with van der Waals surface area (Å²) in [6, 6.07) is 9.26. The molecule has 6 heteroatoms. The number of carbonyl (C=O) groups is 1. The Morgan fingerprint density at radius 1 is 1.33 bits per heavy atom. The Morgan fingerprint density at radius 3 is 2.95 bits per heavy atom. The molecule has 1 amide bonds. The summed E-state index contributed by atoms with van der Waals surface area (Å²) in [6.07, 6.45) is -0.508. The van der Waals surface area contributed by atoms with Crippen LogP contribution in [0.3, 0.4) is 0 Å². The van der Waals surface area contributed by atoms with Crippen molar-refractivity contribution >= 4 is 6.09 Å². The molecule has 2 aliphatic heterocycles. The largest absolute Gasteiger partial charge is 0.445 e. The van der Waals surface area contributed by atoms with Crippen LogP contribution >= 0.6 is 0 Å². The monoisotopic (exact) mass is 292 g/mol. The molecule has 0 aliphatic carbocycles. The molecule has 2 saturated heterocycles. The van der Waals surface area contributed by atoms with Crippen LogP contribution in [0.1, 0.15) is 5.56 Å². The Labute approximate surface area is 123 Å². The van der Waals surface area contributed by atoms with E-state index in [1.54, 1.807) is 4.90 Å². The van der Waals surface area contributed by atoms with Crippen LogP contribution in [0.15, 0.2) is 30.3 Å². The highest BCUT2D eigenvalue weighted by atomic mass is 16.6. The maximum absolute atomic E-state index is 12.3. The van der Waals surface area contributed by atoms with Gasteiger partial charge in [-0.05, 0) is 5.56 Å². The number of nitrogens with two attached hydrogens (primary N) is 1. The van der Waals surface area contributed by atoms with Gasteiger partial charge in [0.1, 0.15) is 6.61 Å². The van der Waals surface area contributed by atoms with Crippen LogP contribution in [-0.2, 0) is 20.8 Å². The first-order chi connectivity index (χ1) is 10.3. The lowest BCUT2D eigenvalue weighted by molar-refractivity contribution is -0.133. The fraction of sp³-hybridized carbons (Fsp3) is 0.533. The number of rotatable bonds is 2. The van der Waals surface area contributed by atoms with E-state index < -0.39 is 0 Å². The molecule has 3 unspecified atom stereocenters. The highest BCUT2D eigenvalue weighted by Gasteiger charge is 2.42. The molecule has 6 nitrogen and oxygen atoms in total. The van der Waals surface area contributed by atoms with E-state index in [-0.39, 0.29) is 30.9 Å². The molecule has 2 fully saturated rings. The fourth-order valence-electron chi connectivity index (χ4n) is 2.78. The third-order valence-corrected chi connectivity index (χ3v) is 3.88. The number of hydrogen-bond donors (Lipinski definition) is 1. The van der Waals surface area contributed by atoms with E-state index in [9.17, 15) is 4.79 Å². The number of nitrogens with zero attached hydrogens (tertiary/aromatic N) is 1. The molecule has 2 N–H and O–H groups in total. The van der Waals surface area contributed by atoms with Gasteiger partial charge < -0.3 is 19.9 Å². The number of ether oxygens (including phenoxy) is 3. The van der Waals surface area contributed by atoms with E-state index in [0.717, 1.165) is 5.56 Å². The quantitative estimate of drug-likeness (QED) is 0.870. The minimum Gasteiger partial charge on any atom is -0.445 e. The van der Waals surface area contributed by atoms with Crippen molar-refractivity contribution in [2.24, 2.45) is 5.73 Å². The van der Waals surface area contributed by atoms with E-state index in [4.69, 9.17) is 19.9 Å². The third kappa shape index (κ3) is 3.18. The fourth-order valence-corrected chi connectivity index (χ4v) is 2.78. The number of amides is 1. The summed E-state index contributed by atoms with van der Waals surface area (Å²) in [6.45, 7) is 2.16. The van der Waals surface area contributed by atoms with Gasteiger partial charge in [-0.2, -0.15) is 0 Å². The molecule has 0 spiro atoms. The number of carbonyl (C=O) groups excluding carboxylic acids is 1. The normalized spacial score (nSPS) is 28.8. The van der Waals surface area contributed by atoms with Crippen molar-refractivity contribution in [3.63, 3.8) is 0 Å². The van der Waals surface area contributed by atoms with Crippen molar-refractivity contribution in [2.45, 2.75) is 24.8 Å². The van der Waals surface area contributed by atoms with Crippen molar-refractivity contribution in [3.8, 4) is 0 Å². The zero-order valence-corrected chi connectivity index (χ0v) is 11.8. The average Bonchev–Trinajstić information content (AvgIpc) is 2.53. The highest BCUT2D eigenvalue weighted by Crippen LogP contribution is 2.22. The summed E-state index contributed by atoms with van der Waals surface area (Å²) in [5.41, 5.74) is 6.95. The molecule has 3 atom stereocenters. The van der Waals surface area contributed by atoms with Crippen molar-refractivity contribution in [1.29, 1.82) is 0 Å². The Kier molecular flexibility index (Phi) is 4.38. The van der Waals surface area contributed by atoms with Gasteiger partial charge in [-0.25, -0.2) is 4.79 Å². The van der Waals surface area contributed by atoms with Crippen LogP contribution in [-0.4, -0.2) is 55.5 Å². The molecule has 3 rings (SSSR count). The van der Waals surface area contributed by atoms with Crippen LogP contribution in [0.4, 0.5) is 4.79 Å². The number of fused-ring (bicyclic) bond motifs is 1. The number of benzene rings is 1. The molecule has 2 heterocycles. The Bertz CT molecular complexity index is 482. The average molecular weight is 292 g/mol. The number of morpholine rings is 1. The van der Waals surface area contributed by atoms with Gasteiger partial charge in [0.25, 0.3) is 0 Å². The minimum atomic E-state index is -0.338. The van der Waals surface area contributed by atoms with Crippen LogP contribution in [0, 0.1) is 0 Å². The van der Waals surface area contributed by atoms with Gasteiger partial charge in [-0.1, -0.05) is 30.3 Å². The standard InChI is InChI=1S/C15H20N2O4/c16-12-9-19-10-13-14(12)20-7-6-17(13)15(18)21-8-11-4-2-1-3-5-11/h1-5,12-14H,6-10,16H2. The van der Waals surface area contributed by atoms with Gasteiger partial charge in [-0.15, -0.1) is 0 Å². The van der Waals surface area contributed by atoms with Crippen molar-refractivity contribution in [2.75, 3.05) is 26.4 Å².